The van der Waals surface area contributed by atoms with Crippen molar-refractivity contribution < 1.29 is 8.42 Å². The number of rotatable bonds is 3. The van der Waals surface area contributed by atoms with Gasteiger partial charge < -0.3 is 0 Å². The van der Waals surface area contributed by atoms with E-state index in [4.69, 9.17) is 11.6 Å². The second-order valence-corrected chi connectivity index (χ2v) is 8.08. The van der Waals surface area contributed by atoms with Gasteiger partial charge in [-0.05, 0) is 37.3 Å². The highest BCUT2D eigenvalue weighted by atomic mass is 35.5. The Morgan fingerprint density at radius 1 is 1.06 bits per heavy atom. The Balaban J connectivity index is 2.30. The van der Waals surface area contributed by atoms with Crippen LogP contribution < -0.4 is 0 Å². The number of benzene rings is 2. The van der Waals surface area contributed by atoms with Crippen molar-refractivity contribution in [1.29, 1.82) is 0 Å². The van der Waals surface area contributed by atoms with Gasteiger partial charge in [-0.25, -0.2) is 8.42 Å². The number of halogens is 1. The van der Waals surface area contributed by atoms with Gasteiger partial charge in [0.2, 0.25) is 8.87 Å². The SMILES string of the molecule is Cc1ccc(SS(=O)(=O)c2cccc(Cl)c2)cc1. The van der Waals surface area contributed by atoms with E-state index in [1.54, 1.807) is 30.3 Å². The summed E-state index contributed by atoms with van der Waals surface area (Å²) in [5.41, 5.74) is 1.10. The molecular formula is C13H11ClO2S2. The highest BCUT2D eigenvalue weighted by Crippen LogP contribution is 2.31. The molecule has 0 heterocycles. The Kier molecular flexibility index (Phi) is 4.00. The Hall–Kier alpha value is -0.970. The molecule has 0 spiro atoms. The summed E-state index contributed by atoms with van der Waals surface area (Å²) in [7, 11) is -2.59. The van der Waals surface area contributed by atoms with Crippen LogP contribution in [0.15, 0.2) is 58.3 Å². The average Bonchev–Trinajstić information content (AvgIpc) is 2.32. The maximum absolute atomic E-state index is 12.1. The van der Waals surface area contributed by atoms with Gasteiger partial charge >= 0.3 is 0 Å². The molecule has 0 unspecified atom stereocenters. The van der Waals surface area contributed by atoms with Crippen LogP contribution in [-0.2, 0) is 8.87 Å². The van der Waals surface area contributed by atoms with E-state index in [0.717, 1.165) is 16.4 Å². The van der Waals surface area contributed by atoms with Gasteiger partial charge in [0, 0.05) is 20.7 Å². The third-order valence-electron chi connectivity index (χ3n) is 2.31. The molecule has 0 radical (unpaired) electrons. The molecule has 5 heteroatoms. The van der Waals surface area contributed by atoms with Gasteiger partial charge in [-0.2, -0.15) is 0 Å². The Bertz CT molecular complexity index is 649. The topological polar surface area (TPSA) is 34.1 Å². The standard InChI is InChI=1S/C13H11ClO2S2/c1-10-5-7-12(8-6-10)17-18(15,16)13-4-2-3-11(14)9-13/h2-9H,1H3. The number of hydrogen-bond acceptors (Lipinski definition) is 3. The molecule has 0 aliphatic rings. The van der Waals surface area contributed by atoms with Crippen molar-refractivity contribution in [3.05, 3.63) is 59.1 Å². The molecule has 0 amide bonds. The molecular weight excluding hydrogens is 288 g/mol. The van der Waals surface area contributed by atoms with Gasteiger partial charge in [-0.3, -0.25) is 0 Å². The Morgan fingerprint density at radius 3 is 2.33 bits per heavy atom. The maximum atomic E-state index is 12.1. The third-order valence-corrected chi connectivity index (χ3v) is 5.88. The molecule has 2 aromatic carbocycles. The fourth-order valence-electron chi connectivity index (χ4n) is 1.39. The van der Waals surface area contributed by atoms with E-state index >= 15 is 0 Å². The Labute approximate surface area is 115 Å². The summed E-state index contributed by atoms with van der Waals surface area (Å²) in [5, 5.41) is 0.417. The lowest BCUT2D eigenvalue weighted by molar-refractivity contribution is 0.610. The van der Waals surface area contributed by atoms with Gasteiger partial charge in [0.1, 0.15) is 0 Å². The lowest BCUT2D eigenvalue weighted by Crippen LogP contribution is -1.94. The van der Waals surface area contributed by atoms with Crippen molar-refractivity contribution in [2.24, 2.45) is 0 Å². The zero-order valence-electron chi connectivity index (χ0n) is 9.63. The molecule has 0 saturated heterocycles. The van der Waals surface area contributed by atoms with Crippen LogP contribution in [0.3, 0.4) is 0 Å². The van der Waals surface area contributed by atoms with Gasteiger partial charge in [-0.1, -0.05) is 35.4 Å². The monoisotopic (exact) mass is 298 g/mol. The summed E-state index contributed by atoms with van der Waals surface area (Å²) < 4.78 is 24.3. The molecule has 2 aromatic rings. The summed E-state index contributed by atoms with van der Waals surface area (Å²) in [4.78, 5) is 0.918. The molecule has 0 fully saturated rings. The molecule has 0 bridgehead atoms. The molecule has 0 aliphatic carbocycles. The van der Waals surface area contributed by atoms with Crippen LogP contribution in [0.2, 0.25) is 5.02 Å². The zero-order chi connectivity index (χ0) is 13.2. The predicted molar refractivity (Wildman–Crippen MR) is 75.7 cm³/mol. The fourth-order valence-corrected chi connectivity index (χ4v) is 4.45. The van der Waals surface area contributed by atoms with Crippen LogP contribution >= 0.6 is 22.4 Å². The first-order valence-corrected chi connectivity index (χ1v) is 8.43. The van der Waals surface area contributed by atoms with E-state index in [-0.39, 0.29) is 4.90 Å². The second-order valence-electron chi connectivity index (χ2n) is 3.81. The van der Waals surface area contributed by atoms with E-state index in [1.807, 2.05) is 19.1 Å². The molecule has 0 saturated carbocycles. The molecule has 0 aliphatic heterocycles. The van der Waals surface area contributed by atoms with E-state index in [9.17, 15) is 8.42 Å². The van der Waals surface area contributed by atoms with Crippen LogP contribution in [-0.4, -0.2) is 8.42 Å². The largest absolute Gasteiger partial charge is 0.234 e. The summed E-state index contributed by atoms with van der Waals surface area (Å²) in [6.45, 7) is 1.96. The van der Waals surface area contributed by atoms with E-state index in [1.165, 1.54) is 6.07 Å². The zero-order valence-corrected chi connectivity index (χ0v) is 12.0. The summed E-state index contributed by atoms with van der Waals surface area (Å²) in [5.74, 6) is 0. The smallest absolute Gasteiger partial charge is 0.212 e. The first kappa shape index (κ1) is 13.5. The van der Waals surface area contributed by atoms with Crippen molar-refractivity contribution in [3.8, 4) is 0 Å². The average molecular weight is 299 g/mol. The first-order valence-electron chi connectivity index (χ1n) is 5.24. The summed E-state index contributed by atoms with van der Waals surface area (Å²) in [6, 6.07) is 13.6. The van der Waals surface area contributed by atoms with Gasteiger partial charge in [0.15, 0.2) is 0 Å². The van der Waals surface area contributed by atoms with Crippen molar-refractivity contribution >= 4 is 31.3 Å². The van der Waals surface area contributed by atoms with Gasteiger partial charge in [0.05, 0.1) is 4.90 Å². The van der Waals surface area contributed by atoms with Crippen LogP contribution in [0.1, 0.15) is 5.56 Å². The number of hydrogen-bond donors (Lipinski definition) is 0. The lowest BCUT2D eigenvalue weighted by Gasteiger charge is -2.04. The molecule has 0 aromatic heterocycles. The van der Waals surface area contributed by atoms with Crippen molar-refractivity contribution in [2.45, 2.75) is 16.7 Å². The molecule has 0 N–H and O–H groups in total. The highest BCUT2D eigenvalue weighted by molar-refractivity contribution is 8.72. The quantitative estimate of drug-likeness (QED) is 0.799. The van der Waals surface area contributed by atoms with Crippen LogP contribution in [0.5, 0.6) is 0 Å². The lowest BCUT2D eigenvalue weighted by atomic mass is 10.2. The van der Waals surface area contributed by atoms with Crippen molar-refractivity contribution in [3.63, 3.8) is 0 Å². The van der Waals surface area contributed by atoms with Crippen LogP contribution in [0.4, 0.5) is 0 Å². The maximum Gasteiger partial charge on any atom is 0.234 e. The summed E-state index contributed by atoms with van der Waals surface area (Å²) >= 11 is 5.80. The first-order chi connectivity index (χ1) is 8.47. The van der Waals surface area contributed by atoms with E-state index in [2.05, 4.69) is 0 Å². The Morgan fingerprint density at radius 2 is 1.72 bits per heavy atom. The van der Waals surface area contributed by atoms with Crippen molar-refractivity contribution in [2.75, 3.05) is 0 Å². The van der Waals surface area contributed by atoms with Crippen LogP contribution in [0.25, 0.3) is 0 Å². The van der Waals surface area contributed by atoms with Gasteiger partial charge in [0.25, 0.3) is 0 Å². The molecule has 18 heavy (non-hydrogen) atoms. The van der Waals surface area contributed by atoms with E-state index in [0.29, 0.717) is 9.92 Å². The molecule has 2 rings (SSSR count). The fraction of sp³-hybridized carbons (Fsp3) is 0.0769. The second kappa shape index (κ2) is 5.34. The summed E-state index contributed by atoms with van der Waals surface area (Å²) in [6.07, 6.45) is 0. The van der Waals surface area contributed by atoms with Gasteiger partial charge in [-0.15, -0.1) is 0 Å². The van der Waals surface area contributed by atoms with Crippen LogP contribution in [0, 0.1) is 6.92 Å². The minimum Gasteiger partial charge on any atom is -0.212 e. The van der Waals surface area contributed by atoms with Crippen molar-refractivity contribution in [1.82, 2.24) is 0 Å². The minimum absolute atomic E-state index is 0.223. The minimum atomic E-state index is -3.42. The number of aryl methyl sites for hydroxylation is 1. The molecule has 2 nitrogen and oxygen atoms in total. The molecule has 94 valence electrons. The third kappa shape index (κ3) is 3.28. The predicted octanol–water partition coefficient (Wildman–Crippen LogP) is 4.13. The van der Waals surface area contributed by atoms with E-state index < -0.39 is 8.87 Å². The normalized spacial score (nSPS) is 11.4. The molecule has 0 atom stereocenters. The highest BCUT2D eigenvalue weighted by Gasteiger charge is 2.16.